The van der Waals surface area contributed by atoms with Gasteiger partial charge in [-0.1, -0.05) is 54.6 Å². The number of thiophene rings is 1. The standard InChI is InChI=1S/C29H19N3O4S/c1-16-23-28(30-15-32(29(23)36)14-17-7-3-2-4-8-17)37-26(16)27(35)31-18-11-12-21-22(13-18)25(34)20-10-6-5-9-19(20)24(21)33/h2-13,15H,14H2,1H3,(H,31,35). The zero-order valence-corrected chi connectivity index (χ0v) is 20.5. The highest BCUT2D eigenvalue weighted by atomic mass is 32.1. The maximum atomic E-state index is 13.2. The Kier molecular flexibility index (Phi) is 5.39. The molecular formula is C29H19N3O4S. The van der Waals surface area contributed by atoms with Gasteiger partial charge in [0.05, 0.1) is 23.1 Å². The number of carbonyl (C=O) groups is 3. The van der Waals surface area contributed by atoms with Crippen molar-refractivity contribution in [1.82, 2.24) is 9.55 Å². The largest absolute Gasteiger partial charge is 0.321 e. The molecule has 0 radical (unpaired) electrons. The van der Waals surface area contributed by atoms with E-state index in [0.717, 1.165) is 16.9 Å². The van der Waals surface area contributed by atoms with Crippen LogP contribution in [0.15, 0.2) is 83.9 Å². The first-order valence-electron chi connectivity index (χ1n) is 11.6. The van der Waals surface area contributed by atoms with Gasteiger partial charge in [-0.05, 0) is 36.2 Å². The zero-order chi connectivity index (χ0) is 25.7. The van der Waals surface area contributed by atoms with Gasteiger partial charge in [0.2, 0.25) is 0 Å². The SMILES string of the molecule is Cc1c(C(=O)Nc2ccc3c(c2)C(=O)c2ccccc2C3=O)sc2ncn(Cc3ccccc3)c(=O)c12. The average molecular weight is 506 g/mol. The third-order valence-electron chi connectivity index (χ3n) is 6.50. The second-order valence-corrected chi connectivity index (χ2v) is 9.82. The van der Waals surface area contributed by atoms with Gasteiger partial charge in [0.25, 0.3) is 11.5 Å². The van der Waals surface area contributed by atoms with Crippen molar-refractivity contribution in [3.05, 3.63) is 128 Å². The summed E-state index contributed by atoms with van der Waals surface area (Å²) in [4.78, 5) is 57.6. The molecule has 0 fully saturated rings. The predicted octanol–water partition coefficient (Wildman–Crippen LogP) is 4.84. The van der Waals surface area contributed by atoms with Crippen LogP contribution in [0, 0.1) is 6.92 Å². The molecule has 1 aliphatic carbocycles. The van der Waals surface area contributed by atoms with Gasteiger partial charge in [0.1, 0.15) is 4.83 Å². The first-order chi connectivity index (χ1) is 17.9. The molecule has 0 saturated carbocycles. The van der Waals surface area contributed by atoms with Crippen molar-refractivity contribution in [3.8, 4) is 0 Å². The molecule has 5 aromatic rings. The number of nitrogens with one attached hydrogen (secondary N) is 1. The van der Waals surface area contributed by atoms with E-state index >= 15 is 0 Å². The minimum absolute atomic E-state index is 0.210. The van der Waals surface area contributed by atoms with Crippen LogP contribution >= 0.6 is 11.3 Å². The Morgan fingerprint density at radius 2 is 1.51 bits per heavy atom. The number of nitrogens with zero attached hydrogens (tertiary/aromatic N) is 2. The number of hydrogen-bond donors (Lipinski definition) is 1. The lowest BCUT2D eigenvalue weighted by atomic mass is 9.84. The Balaban J connectivity index is 1.31. The second-order valence-electron chi connectivity index (χ2n) is 8.82. The molecule has 0 atom stereocenters. The van der Waals surface area contributed by atoms with Gasteiger partial charge in [-0.3, -0.25) is 23.7 Å². The fourth-order valence-electron chi connectivity index (χ4n) is 4.63. The Bertz CT molecular complexity index is 1820. The third-order valence-corrected chi connectivity index (χ3v) is 7.70. The number of benzene rings is 3. The molecule has 0 spiro atoms. The van der Waals surface area contributed by atoms with Crippen LogP contribution in [0.4, 0.5) is 5.69 Å². The number of anilines is 1. The molecule has 0 saturated heterocycles. The minimum atomic E-state index is -0.413. The molecule has 0 unspecified atom stereocenters. The van der Waals surface area contributed by atoms with E-state index in [1.165, 1.54) is 17.0 Å². The van der Waals surface area contributed by atoms with Crippen molar-refractivity contribution >= 4 is 44.7 Å². The van der Waals surface area contributed by atoms with Crippen LogP contribution in [0.2, 0.25) is 0 Å². The maximum Gasteiger partial charge on any atom is 0.266 e. The summed E-state index contributed by atoms with van der Waals surface area (Å²) in [5, 5.41) is 3.23. The number of carbonyl (C=O) groups excluding carboxylic acids is 3. The fourth-order valence-corrected chi connectivity index (χ4v) is 5.67. The molecule has 1 aliphatic rings. The highest BCUT2D eigenvalue weighted by Crippen LogP contribution is 2.31. The summed E-state index contributed by atoms with van der Waals surface area (Å²) >= 11 is 1.14. The number of aryl methyl sites for hydroxylation is 1. The predicted molar refractivity (Wildman–Crippen MR) is 142 cm³/mol. The highest BCUT2D eigenvalue weighted by molar-refractivity contribution is 7.20. The molecule has 3 aromatic carbocycles. The van der Waals surface area contributed by atoms with Crippen LogP contribution in [0.1, 0.15) is 52.6 Å². The molecule has 180 valence electrons. The lowest BCUT2D eigenvalue weighted by molar-refractivity contribution is 0.0979. The van der Waals surface area contributed by atoms with Crippen LogP contribution < -0.4 is 10.9 Å². The first-order valence-corrected chi connectivity index (χ1v) is 12.4. The molecule has 1 amide bonds. The maximum absolute atomic E-state index is 13.2. The van der Waals surface area contributed by atoms with Crippen molar-refractivity contribution in [1.29, 1.82) is 0 Å². The minimum Gasteiger partial charge on any atom is -0.321 e. The molecule has 6 rings (SSSR count). The summed E-state index contributed by atoms with van der Waals surface area (Å²) in [5.41, 5.74) is 2.98. The molecule has 8 heteroatoms. The van der Waals surface area contributed by atoms with E-state index in [4.69, 9.17) is 0 Å². The van der Waals surface area contributed by atoms with E-state index in [1.54, 1.807) is 43.3 Å². The topological polar surface area (TPSA) is 98.1 Å². The Morgan fingerprint density at radius 1 is 0.865 bits per heavy atom. The smallest absolute Gasteiger partial charge is 0.266 e. The van der Waals surface area contributed by atoms with Crippen LogP contribution in [-0.2, 0) is 6.54 Å². The summed E-state index contributed by atoms with van der Waals surface area (Å²) in [6.07, 6.45) is 1.50. The fraction of sp³-hybridized carbons (Fsp3) is 0.0690. The quantitative estimate of drug-likeness (QED) is 0.370. The number of amides is 1. The summed E-state index contributed by atoms with van der Waals surface area (Å²) < 4.78 is 1.53. The van der Waals surface area contributed by atoms with E-state index in [-0.39, 0.29) is 22.7 Å². The van der Waals surface area contributed by atoms with Crippen LogP contribution in [0.25, 0.3) is 10.2 Å². The summed E-state index contributed by atoms with van der Waals surface area (Å²) in [6.45, 7) is 2.11. The molecular weight excluding hydrogens is 486 g/mol. The molecule has 0 aliphatic heterocycles. The first kappa shape index (κ1) is 22.8. The highest BCUT2D eigenvalue weighted by Gasteiger charge is 2.29. The van der Waals surface area contributed by atoms with Gasteiger partial charge in [-0.2, -0.15) is 0 Å². The number of aromatic nitrogens is 2. The monoisotopic (exact) mass is 505 g/mol. The molecule has 2 aromatic heterocycles. The third kappa shape index (κ3) is 3.78. The Morgan fingerprint density at radius 3 is 2.24 bits per heavy atom. The van der Waals surface area contributed by atoms with Crippen molar-refractivity contribution in [2.45, 2.75) is 13.5 Å². The van der Waals surface area contributed by atoms with Crippen LogP contribution in [0.3, 0.4) is 0 Å². The molecule has 37 heavy (non-hydrogen) atoms. The van der Waals surface area contributed by atoms with Crippen molar-refractivity contribution in [2.75, 3.05) is 5.32 Å². The molecule has 2 heterocycles. The van der Waals surface area contributed by atoms with Gasteiger partial charge in [0, 0.05) is 27.9 Å². The van der Waals surface area contributed by atoms with E-state index < -0.39 is 5.91 Å². The number of hydrogen-bond acceptors (Lipinski definition) is 6. The number of rotatable bonds is 4. The molecule has 7 nitrogen and oxygen atoms in total. The van der Waals surface area contributed by atoms with E-state index in [0.29, 0.717) is 49.6 Å². The summed E-state index contributed by atoms with van der Waals surface area (Å²) in [7, 11) is 0. The molecule has 0 bridgehead atoms. The number of ketones is 2. The lowest BCUT2D eigenvalue weighted by Crippen LogP contribution is -2.22. The average Bonchev–Trinajstić information content (AvgIpc) is 3.26. The van der Waals surface area contributed by atoms with Gasteiger partial charge in [-0.15, -0.1) is 11.3 Å². The van der Waals surface area contributed by atoms with Gasteiger partial charge >= 0.3 is 0 Å². The van der Waals surface area contributed by atoms with Crippen molar-refractivity contribution < 1.29 is 14.4 Å². The Labute approximate surface area is 215 Å². The normalized spacial score (nSPS) is 12.4. The summed E-state index contributed by atoms with van der Waals surface area (Å²) in [5.74, 6) is -0.895. The van der Waals surface area contributed by atoms with Gasteiger partial charge in [0.15, 0.2) is 11.6 Å². The van der Waals surface area contributed by atoms with E-state index in [2.05, 4.69) is 10.3 Å². The van der Waals surface area contributed by atoms with Crippen molar-refractivity contribution in [3.63, 3.8) is 0 Å². The lowest BCUT2D eigenvalue weighted by Gasteiger charge is -2.18. The van der Waals surface area contributed by atoms with Crippen LogP contribution in [0.5, 0.6) is 0 Å². The second kappa shape index (κ2) is 8.76. The van der Waals surface area contributed by atoms with Crippen LogP contribution in [-0.4, -0.2) is 27.0 Å². The van der Waals surface area contributed by atoms with E-state index in [9.17, 15) is 19.2 Å². The zero-order valence-electron chi connectivity index (χ0n) is 19.6. The molecule has 1 N–H and O–H groups in total. The summed E-state index contributed by atoms with van der Waals surface area (Å²) in [6, 6.07) is 21.0. The van der Waals surface area contributed by atoms with Crippen molar-refractivity contribution in [2.24, 2.45) is 0 Å². The van der Waals surface area contributed by atoms with E-state index in [1.807, 2.05) is 30.3 Å². The Hall–Kier alpha value is -4.69. The number of fused-ring (bicyclic) bond motifs is 3. The van der Waals surface area contributed by atoms with Gasteiger partial charge < -0.3 is 5.32 Å². The van der Waals surface area contributed by atoms with Gasteiger partial charge in [-0.25, -0.2) is 4.98 Å².